The van der Waals surface area contributed by atoms with Crippen molar-refractivity contribution < 1.29 is 4.74 Å². The number of aromatic nitrogens is 2. The van der Waals surface area contributed by atoms with Crippen molar-refractivity contribution in [2.45, 2.75) is 39.8 Å². The number of rotatable bonds is 6. The van der Waals surface area contributed by atoms with E-state index in [4.69, 9.17) is 21.9 Å². The van der Waals surface area contributed by atoms with Crippen LogP contribution in [0.3, 0.4) is 0 Å². The lowest BCUT2D eigenvalue weighted by atomic mass is 9.96. The van der Waals surface area contributed by atoms with Gasteiger partial charge >= 0.3 is 0 Å². The molecule has 0 spiro atoms. The summed E-state index contributed by atoms with van der Waals surface area (Å²) in [5, 5.41) is 4.42. The summed E-state index contributed by atoms with van der Waals surface area (Å²) in [5.74, 6) is 0. The minimum absolute atomic E-state index is 0.000284. The average molecular weight is 490 g/mol. The van der Waals surface area contributed by atoms with Crippen LogP contribution in [0.4, 0.5) is 0 Å². The highest BCUT2D eigenvalue weighted by atomic mass is 32.1. The third-order valence-electron chi connectivity index (χ3n) is 7.41. The van der Waals surface area contributed by atoms with Gasteiger partial charge in [0.15, 0.2) is 5.11 Å². The van der Waals surface area contributed by atoms with Crippen molar-refractivity contribution in [3.05, 3.63) is 82.4 Å². The van der Waals surface area contributed by atoms with Crippen LogP contribution in [0.15, 0.2) is 48.7 Å². The highest BCUT2D eigenvalue weighted by Gasteiger charge is 2.41. The van der Waals surface area contributed by atoms with Crippen molar-refractivity contribution in [3.63, 3.8) is 0 Å². The molecule has 3 aromatic rings. The first-order chi connectivity index (χ1) is 17.0. The normalized spacial score (nSPS) is 20.9. The van der Waals surface area contributed by atoms with E-state index >= 15 is 0 Å². The van der Waals surface area contributed by atoms with E-state index in [2.05, 4.69) is 83.8 Å². The summed E-state index contributed by atoms with van der Waals surface area (Å²) in [6.07, 6.45) is 1.87. The lowest BCUT2D eigenvalue weighted by Crippen LogP contribution is -2.42. The van der Waals surface area contributed by atoms with Crippen LogP contribution in [-0.4, -0.2) is 63.9 Å². The number of morpholine rings is 1. The number of para-hydroxylation sites is 1. The van der Waals surface area contributed by atoms with Crippen molar-refractivity contribution in [1.29, 1.82) is 0 Å². The molecule has 0 radical (unpaired) electrons. The van der Waals surface area contributed by atoms with Crippen molar-refractivity contribution >= 4 is 17.3 Å². The number of aryl methyl sites for hydroxylation is 3. The Bertz CT molecular complexity index is 1180. The van der Waals surface area contributed by atoms with Crippen molar-refractivity contribution in [1.82, 2.24) is 24.7 Å². The summed E-state index contributed by atoms with van der Waals surface area (Å²) < 4.78 is 7.96. The molecular formula is C28H35N5OS. The number of nitrogens with one attached hydrogen (secondary N) is 1. The summed E-state index contributed by atoms with van der Waals surface area (Å²) in [4.78, 5) is 9.56. The summed E-state index contributed by atoms with van der Waals surface area (Å²) in [6, 6.07) is 15.1. The second-order valence-electron chi connectivity index (χ2n) is 9.68. The molecule has 1 N–H and O–H groups in total. The summed E-state index contributed by atoms with van der Waals surface area (Å²) in [5.41, 5.74) is 8.65. The molecule has 7 heteroatoms. The minimum Gasteiger partial charge on any atom is -0.379 e. The number of hydrogen-bond acceptors (Lipinski definition) is 4. The Hall–Kier alpha value is -2.74. The van der Waals surface area contributed by atoms with Gasteiger partial charge in [0, 0.05) is 43.8 Å². The molecule has 0 bridgehead atoms. The number of hydrogen-bond donors (Lipinski definition) is 1. The quantitative estimate of drug-likeness (QED) is 0.518. The molecule has 2 aliphatic rings. The van der Waals surface area contributed by atoms with Gasteiger partial charge in [-0.05, 0) is 74.8 Å². The monoisotopic (exact) mass is 489 g/mol. The van der Waals surface area contributed by atoms with E-state index in [-0.39, 0.29) is 12.1 Å². The van der Waals surface area contributed by atoms with Crippen LogP contribution in [-0.2, 0) is 4.74 Å². The zero-order chi connectivity index (χ0) is 24.5. The summed E-state index contributed by atoms with van der Waals surface area (Å²) in [7, 11) is 0. The molecular weight excluding hydrogens is 454 g/mol. The molecule has 4 heterocycles. The van der Waals surface area contributed by atoms with Crippen LogP contribution in [0.5, 0.6) is 0 Å². The maximum atomic E-state index is 5.92. The molecule has 1 aromatic carbocycles. The lowest BCUT2D eigenvalue weighted by Gasteiger charge is -2.32. The fourth-order valence-electron chi connectivity index (χ4n) is 5.65. The zero-order valence-corrected chi connectivity index (χ0v) is 21.9. The molecule has 2 fully saturated rings. The number of benzene rings is 1. The molecule has 2 aliphatic heterocycles. The van der Waals surface area contributed by atoms with E-state index < -0.39 is 0 Å². The first-order valence-electron chi connectivity index (χ1n) is 12.5. The lowest BCUT2D eigenvalue weighted by molar-refractivity contribution is 0.0350. The molecule has 0 aliphatic carbocycles. The van der Waals surface area contributed by atoms with Crippen LogP contribution in [0, 0.1) is 27.7 Å². The van der Waals surface area contributed by atoms with Crippen molar-refractivity contribution in [2.24, 2.45) is 0 Å². The molecule has 6 nitrogen and oxygen atoms in total. The second kappa shape index (κ2) is 10.1. The molecule has 2 saturated heterocycles. The molecule has 184 valence electrons. The number of thiocarbonyl (C=S) groups is 1. The van der Waals surface area contributed by atoms with Gasteiger partial charge in [-0.1, -0.05) is 24.3 Å². The smallest absolute Gasteiger partial charge is 0.170 e. The van der Waals surface area contributed by atoms with Gasteiger partial charge in [-0.15, -0.1) is 0 Å². The van der Waals surface area contributed by atoms with E-state index in [1.165, 1.54) is 33.8 Å². The Morgan fingerprint density at radius 1 is 1.00 bits per heavy atom. The SMILES string of the molecule is Cc1cccc(C)c1-n1c(C)cc(C2C(c3ccccn3)NC(=S)N2CCN2CCOCC2)c1C. The summed E-state index contributed by atoms with van der Waals surface area (Å²) in [6.45, 7) is 14.2. The predicted molar refractivity (Wildman–Crippen MR) is 144 cm³/mol. The first kappa shape index (κ1) is 24.0. The van der Waals surface area contributed by atoms with E-state index in [9.17, 15) is 0 Å². The fraction of sp³-hybridized carbons (Fsp3) is 0.429. The Labute approximate surface area is 213 Å². The third-order valence-corrected chi connectivity index (χ3v) is 7.76. The van der Waals surface area contributed by atoms with Gasteiger partial charge in [0.2, 0.25) is 0 Å². The molecule has 2 atom stereocenters. The van der Waals surface area contributed by atoms with Gasteiger partial charge in [-0.3, -0.25) is 9.88 Å². The van der Waals surface area contributed by atoms with E-state index in [1.807, 2.05) is 12.3 Å². The van der Waals surface area contributed by atoms with Crippen molar-refractivity contribution in [2.75, 3.05) is 39.4 Å². The minimum atomic E-state index is 0.000284. The van der Waals surface area contributed by atoms with E-state index in [0.717, 1.165) is 50.2 Å². The largest absolute Gasteiger partial charge is 0.379 e. The first-order valence-corrected chi connectivity index (χ1v) is 12.9. The van der Waals surface area contributed by atoms with Gasteiger partial charge in [-0.2, -0.15) is 0 Å². The highest BCUT2D eigenvalue weighted by Crippen LogP contribution is 2.41. The molecule has 35 heavy (non-hydrogen) atoms. The number of pyridine rings is 1. The third kappa shape index (κ3) is 4.60. The van der Waals surface area contributed by atoms with Crippen LogP contribution in [0.1, 0.15) is 45.9 Å². The molecule has 5 rings (SSSR count). The van der Waals surface area contributed by atoms with Gasteiger partial charge in [0.05, 0.1) is 36.7 Å². The van der Waals surface area contributed by atoms with Gasteiger partial charge in [-0.25, -0.2) is 0 Å². The van der Waals surface area contributed by atoms with Crippen molar-refractivity contribution in [3.8, 4) is 5.69 Å². The Morgan fingerprint density at radius 2 is 1.74 bits per heavy atom. The second-order valence-corrected chi connectivity index (χ2v) is 10.1. The molecule has 2 unspecified atom stereocenters. The van der Waals surface area contributed by atoms with E-state index in [0.29, 0.717) is 0 Å². The summed E-state index contributed by atoms with van der Waals surface area (Å²) >= 11 is 5.92. The zero-order valence-electron chi connectivity index (χ0n) is 21.1. The van der Waals surface area contributed by atoms with Gasteiger partial charge < -0.3 is 19.5 Å². The van der Waals surface area contributed by atoms with Gasteiger partial charge in [0.25, 0.3) is 0 Å². The Morgan fingerprint density at radius 3 is 2.43 bits per heavy atom. The van der Waals surface area contributed by atoms with Crippen LogP contribution in [0.2, 0.25) is 0 Å². The standard InChI is InChI=1S/C28H35N5OS/c1-19-8-7-9-20(2)26(19)33-21(3)18-23(22(33)4)27-25(24-10-5-6-11-29-24)30-28(35)32(27)13-12-31-14-16-34-17-15-31/h5-11,18,25,27H,12-17H2,1-4H3,(H,30,35). The Kier molecular flexibility index (Phi) is 6.91. The maximum absolute atomic E-state index is 5.92. The topological polar surface area (TPSA) is 45.6 Å². The van der Waals surface area contributed by atoms with Crippen LogP contribution >= 0.6 is 12.2 Å². The average Bonchev–Trinajstić information content (AvgIpc) is 3.34. The maximum Gasteiger partial charge on any atom is 0.170 e. The van der Waals surface area contributed by atoms with Crippen LogP contribution < -0.4 is 5.32 Å². The number of ether oxygens (including phenoxy) is 1. The molecule has 0 saturated carbocycles. The number of nitrogens with zero attached hydrogens (tertiary/aromatic N) is 4. The highest BCUT2D eigenvalue weighted by molar-refractivity contribution is 7.80. The molecule has 0 amide bonds. The van der Waals surface area contributed by atoms with E-state index in [1.54, 1.807) is 0 Å². The van der Waals surface area contributed by atoms with Gasteiger partial charge in [0.1, 0.15) is 0 Å². The predicted octanol–water partition coefficient (Wildman–Crippen LogP) is 4.41. The Balaban J connectivity index is 1.55. The van der Waals surface area contributed by atoms with Crippen LogP contribution in [0.25, 0.3) is 5.69 Å². The fourth-order valence-corrected chi connectivity index (χ4v) is 5.98. The molecule has 2 aromatic heterocycles.